The molecule has 6 nitrogen and oxygen atoms in total. The summed E-state index contributed by atoms with van der Waals surface area (Å²) in [5, 5.41) is 3.07. The summed E-state index contributed by atoms with van der Waals surface area (Å²) in [7, 11) is 0. The van der Waals surface area contributed by atoms with Gasteiger partial charge < -0.3 is 10.2 Å². The Bertz CT molecular complexity index is 635. The van der Waals surface area contributed by atoms with Crippen LogP contribution in [-0.2, 0) is 16.1 Å². The molecule has 0 aliphatic carbocycles. The van der Waals surface area contributed by atoms with Crippen LogP contribution >= 0.6 is 11.8 Å². The first-order valence-corrected chi connectivity index (χ1v) is 11.7. The molecule has 7 heteroatoms. The van der Waals surface area contributed by atoms with Crippen molar-refractivity contribution in [3.63, 3.8) is 0 Å². The molecule has 154 valence electrons. The summed E-state index contributed by atoms with van der Waals surface area (Å²) >= 11 is 1.73. The van der Waals surface area contributed by atoms with Gasteiger partial charge in [0.15, 0.2) is 0 Å². The summed E-state index contributed by atoms with van der Waals surface area (Å²) in [6, 6.07) is 4.37. The highest BCUT2D eigenvalue weighted by Gasteiger charge is 2.32. The molecule has 0 radical (unpaired) electrons. The first-order valence-electron chi connectivity index (χ1n) is 10.3. The van der Waals surface area contributed by atoms with Gasteiger partial charge in [0.1, 0.15) is 0 Å². The molecule has 2 aliphatic heterocycles. The molecule has 3 rings (SSSR count). The second-order valence-electron chi connectivity index (χ2n) is 7.77. The van der Waals surface area contributed by atoms with Crippen molar-refractivity contribution < 1.29 is 9.59 Å². The number of hydrogen-bond acceptors (Lipinski definition) is 5. The van der Waals surface area contributed by atoms with Crippen molar-refractivity contribution in [2.24, 2.45) is 5.92 Å². The van der Waals surface area contributed by atoms with Gasteiger partial charge in [0.25, 0.3) is 0 Å². The normalized spacial score (nSPS) is 21.5. The molecular formula is C21H32N4O2S. The van der Waals surface area contributed by atoms with E-state index in [1.165, 1.54) is 0 Å². The lowest BCUT2D eigenvalue weighted by atomic mass is 9.93. The third kappa shape index (κ3) is 5.95. The van der Waals surface area contributed by atoms with Gasteiger partial charge in [0.2, 0.25) is 11.8 Å². The predicted octanol–water partition coefficient (Wildman–Crippen LogP) is 2.15. The van der Waals surface area contributed by atoms with Gasteiger partial charge in [-0.1, -0.05) is 6.07 Å². The van der Waals surface area contributed by atoms with Crippen LogP contribution in [0.15, 0.2) is 24.5 Å². The van der Waals surface area contributed by atoms with Crippen LogP contribution in [0, 0.1) is 5.92 Å². The molecule has 0 saturated carbocycles. The van der Waals surface area contributed by atoms with Crippen molar-refractivity contribution >= 4 is 23.6 Å². The predicted molar refractivity (Wildman–Crippen MR) is 113 cm³/mol. The summed E-state index contributed by atoms with van der Waals surface area (Å²) < 4.78 is 0. The Morgan fingerprint density at radius 1 is 1.25 bits per heavy atom. The fourth-order valence-electron chi connectivity index (χ4n) is 4.22. The number of hydrogen-bond donors (Lipinski definition) is 1. The van der Waals surface area contributed by atoms with Gasteiger partial charge in [-0.15, -0.1) is 0 Å². The molecule has 0 aromatic carbocycles. The first kappa shape index (κ1) is 21.1. The maximum atomic E-state index is 12.6. The van der Waals surface area contributed by atoms with E-state index < -0.39 is 0 Å². The van der Waals surface area contributed by atoms with Gasteiger partial charge in [-0.05, 0) is 50.1 Å². The fraction of sp³-hybridized carbons (Fsp3) is 0.667. The van der Waals surface area contributed by atoms with E-state index >= 15 is 0 Å². The molecule has 1 aromatic heterocycles. The molecule has 3 heterocycles. The summed E-state index contributed by atoms with van der Waals surface area (Å²) in [5.74, 6) is 1.41. The smallest absolute Gasteiger partial charge is 0.224 e. The number of amides is 2. The maximum absolute atomic E-state index is 12.6. The van der Waals surface area contributed by atoms with E-state index in [0.717, 1.165) is 63.2 Å². The Morgan fingerprint density at radius 2 is 2.07 bits per heavy atom. The molecule has 2 aliphatic rings. The number of nitrogens with one attached hydrogen (secondary N) is 1. The highest BCUT2D eigenvalue weighted by Crippen LogP contribution is 2.24. The number of carbonyl (C=O) groups excluding carboxylic acids is 2. The van der Waals surface area contributed by atoms with Gasteiger partial charge in [0.05, 0.1) is 5.92 Å². The topological polar surface area (TPSA) is 65.5 Å². The average Bonchev–Trinajstić information content (AvgIpc) is 2.76. The van der Waals surface area contributed by atoms with Crippen LogP contribution < -0.4 is 5.32 Å². The lowest BCUT2D eigenvalue weighted by Gasteiger charge is -2.42. The summed E-state index contributed by atoms with van der Waals surface area (Å²) in [5.41, 5.74) is 1.03. The molecule has 1 aromatic rings. The lowest BCUT2D eigenvalue weighted by molar-refractivity contribution is -0.132. The van der Waals surface area contributed by atoms with E-state index in [9.17, 15) is 9.59 Å². The molecular weight excluding hydrogens is 372 g/mol. The van der Waals surface area contributed by atoms with Gasteiger partial charge in [-0.25, -0.2) is 0 Å². The van der Waals surface area contributed by atoms with Crippen LogP contribution in [0.3, 0.4) is 0 Å². The standard InChI is InChI=1S/C21H32N4O2S/c1-28-13-8-20(26)24-11-6-19(7-12-24)25-10-3-5-18(16-25)21(27)23-15-17-4-2-9-22-14-17/h2,4,9,14,18-19H,3,5-8,10-13,15-16H2,1H3,(H,23,27). The van der Waals surface area contributed by atoms with Crippen LogP contribution in [0.2, 0.25) is 0 Å². The number of carbonyl (C=O) groups is 2. The van der Waals surface area contributed by atoms with Gasteiger partial charge in [-0.3, -0.25) is 19.5 Å². The number of thioether (sulfide) groups is 1. The SMILES string of the molecule is CSCCC(=O)N1CCC(N2CCCC(C(=O)NCc3cccnc3)C2)CC1. The first-order chi connectivity index (χ1) is 13.7. The zero-order valence-corrected chi connectivity index (χ0v) is 17.6. The van der Waals surface area contributed by atoms with Crippen LogP contribution in [0.25, 0.3) is 0 Å². The van der Waals surface area contributed by atoms with Crippen molar-refractivity contribution in [2.75, 3.05) is 38.2 Å². The van der Waals surface area contributed by atoms with Gasteiger partial charge in [0, 0.05) is 56.8 Å². The minimum Gasteiger partial charge on any atom is -0.352 e. The van der Waals surface area contributed by atoms with Crippen LogP contribution in [-0.4, -0.2) is 70.8 Å². The number of piperidine rings is 2. The van der Waals surface area contributed by atoms with Crippen LogP contribution in [0.5, 0.6) is 0 Å². The molecule has 28 heavy (non-hydrogen) atoms. The Kier molecular flexibility index (Phi) is 8.15. The molecule has 2 saturated heterocycles. The van der Waals surface area contributed by atoms with Crippen molar-refractivity contribution in [3.05, 3.63) is 30.1 Å². The molecule has 0 bridgehead atoms. The second-order valence-corrected chi connectivity index (χ2v) is 8.75. The Hall–Kier alpha value is -1.60. The number of rotatable bonds is 7. The van der Waals surface area contributed by atoms with Gasteiger partial charge >= 0.3 is 0 Å². The minimum atomic E-state index is 0.0617. The van der Waals surface area contributed by atoms with Crippen LogP contribution in [0.1, 0.15) is 37.7 Å². The second kappa shape index (κ2) is 10.8. The van der Waals surface area contributed by atoms with Crippen molar-refractivity contribution in [2.45, 2.75) is 44.7 Å². The van der Waals surface area contributed by atoms with Crippen LogP contribution in [0.4, 0.5) is 0 Å². The highest BCUT2D eigenvalue weighted by molar-refractivity contribution is 7.98. The largest absolute Gasteiger partial charge is 0.352 e. The molecule has 1 atom stereocenters. The van der Waals surface area contributed by atoms with E-state index in [0.29, 0.717) is 24.9 Å². The van der Waals surface area contributed by atoms with E-state index in [1.54, 1.807) is 24.2 Å². The summed E-state index contributed by atoms with van der Waals surface area (Å²) in [6.07, 6.45) is 10.3. The van der Waals surface area contributed by atoms with Crippen molar-refractivity contribution in [1.29, 1.82) is 0 Å². The molecule has 1 N–H and O–H groups in total. The van der Waals surface area contributed by atoms with Crippen molar-refractivity contribution in [3.8, 4) is 0 Å². The highest BCUT2D eigenvalue weighted by atomic mass is 32.2. The quantitative estimate of drug-likeness (QED) is 0.754. The number of nitrogens with zero attached hydrogens (tertiary/aromatic N) is 3. The zero-order valence-electron chi connectivity index (χ0n) is 16.8. The molecule has 1 unspecified atom stereocenters. The molecule has 2 fully saturated rings. The number of likely N-dealkylation sites (tertiary alicyclic amines) is 2. The summed E-state index contributed by atoms with van der Waals surface area (Å²) in [6.45, 7) is 4.15. The van der Waals surface area contributed by atoms with E-state index in [1.807, 2.05) is 23.3 Å². The lowest BCUT2D eigenvalue weighted by Crippen LogP contribution is -2.51. The Balaban J connectivity index is 1.43. The van der Waals surface area contributed by atoms with E-state index in [2.05, 4.69) is 15.2 Å². The third-order valence-corrected chi connectivity index (χ3v) is 6.48. The molecule has 2 amide bonds. The number of pyridine rings is 1. The third-order valence-electron chi connectivity index (χ3n) is 5.87. The minimum absolute atomic E-state index is 0.0617. The zero-order chi connectivity index (χ0) is 19.8. The monoisotopic (exact) mass is 404 g/mol. The average molecular weight is 405 g/mol. The maximum Gasteiger partial charge on any atom is 0.224 e. The van der Waals surface area contributed by atoms with E-state index in [4.69, 9.17) is 0 Å². The van der Waals surface area contributed by atoms with Crippen molar-refractivity contribution in [1.82, 2.24) is 20.1 Å². The molecule has 0 spiro atoms. The Labute approximate surface area is 172 Å². The van der Waals surface area contributed by atoms with E-state index in [-0.39, 0.29) is 11.8 Å². The fourth-order valence-corrected chi connectivity index (χ4v) is 4.59. The number of aromatic nitrogens is 1. The summed E-state index contributed by atoms with van der Waals surface area (Å²) in [4.78, 5) is 33.4. The Morgan fingerprint density at radius 3 is 2.79 bits per heavy atom. The van der Waals surface area contributed by atoms with Gasteiger partial charge in [-0.2, -0.15) is 11.8 Å².